The topological polar surface area (TPSA) is 66.6 Å². The maximum Gasteiger partial charge on any atom is 0.310 e. The molecular formula is C13H14N2O3. The summed E-state index contributed by atoms with van der Waals surface area (Å²) in [5.41, 5.74) is 3.82. The second kappa shape index (κ2) is 3.73. The number of aromatic nitrogens is 1. The number of carboxylic acids is 1. The van der Waals surface area contributed by atoms with Crippen molar-refractivity contribution in [3.8, 4) is 0 Å². The van der Waals surface area contributed by atoms with Gasteiger partial charge in [-0.25, -0.2) is 0 Å². The van der Waals surface area contributed by atoms with Crippen molar-refractivity contribution in [2.24, 2.45) is 5.92 Å². The van der Waals surface area contributed by atoms with E-state index in [0.29, 0.717) is 19.1 Å². The van der Waals surface area contributed by atoms with Crippen molar-refractivity contribution in [2.75, 3.05) is 18.0 Å². The molecule has 1 aliphatic rings. The van der Waals surface area contributed by atoms with E-state index in [2.05, 4.69) is 4.98 Å². The van der Waals surface area contributed by atoms with Gasteiger partial charge in [0.1, 0.15) is 5.52 Å². The van der Waals surface area contributed by atoms with Crippen LogP contribution in [-0.4, -0.2) is 29.1 Å². The van der Waals surface area contributed by atoms with Gasteiger partial charge in [-0.05, 0) is 31.0 Å². The van der Waals surface area contributed by atoms with Crippen LogP contribution in [0.2, 0.25) is 0 Å². The van der Waals surface area contributed by atoms with Crippen LogP contribution < -0.4 is 4.90 Å². The first-order chi connectivity index (χ1) is 8.54. The van der Waals surface area contributed by atoms with Crippen molar-refractivity contribution in [3.63, 3.8) is 0 Å². The number of aliphatic carboxylic acids is 1. The van der Waals surface area contributed by atoms with Crippen LogP contribution in [0.1, 0.15) is 11.1 Å². The summed E-state index contributed by atoms with van der Waals surface area (Å²) in [6.07, 6.45) is 0. The van der Waals surface area contributed by atoms with Gasteiger partial charge in [0.2, 0.25) is 0 Å². The van der Waals surface area contributed by atoms with Crippen LogP contribution in [0, 0.1) is 19.8 Å². The first-order valence-electron chi connectivity index (χ1n) is 5.90. The average molecular weight is 246 g/mol. The van der Waals surface area contributed by atoms with E-state index in [-0.39, 0.29) is 5.92 Å². The van der Waals surface area contributed by atoms with E-state index >= 15 is 0 Å². The van der Waals surface area contributed by atoms with Crippen LogP contribution >= 0.6 is 0 Å². The zero-order valence-electron chi connectivity index (χ0n) is 10.3. The SMILES string of the molecule is Cc1cc(C)c2oc(N3CC(C(=O)O)C3)nc2c1. The Morgan fingerprint density at radius 3 is 2.83 bits per heavy atom. The molecule has 1 aromatic heterocycles. The first kappa shape index (κ1) is 11.1. The summed E-state index contributed by atoms with van der Waals surface area (Å²) in [5, 5.41) is 8.84. The van der Waals surface area contributed by atoms with E-state index < -0.39 is 5.97 Å². The van der Waals surface area contributed by atoms with Gasteiger partial charge in [-0.3, -0.25) is 4.79 Å². The molecule has 0 atom stereocenters. The van der Waals surface area contributed by atoms with Crippen molar-refractivity contribution in [2.45, 2.75) is 13.8 Å². The Kier molecular flexibility index (Phi) is 2.29. The minimum atomic E-state index is -0.755. The number of benzene rings is 1. The van der Waals surface area contributed by atoms with Crippen molar-refractivity contribution in [1.82, 2.24) is 4.98 Å². The standard InChI is InChI=1S/C13H14N2O3/c1-7-3-8(2)11-10(4-7)14-13(18-11)15-5-9(6-15)12(16)17/h3-4,9H,5-6H2,1-2H3,(H,16,17). The molecule has 1 aromatic carbocycles. The predicted molar refractivity (Wildman–Crippen MR) is 66.8 cm³/mol. The highest BCUT2D eigenvalue weighted by atomic mass is 16.4. The molecule has 0 saturated carbocycles. The fraction of sp³-hybridized carbons (Fsp3) is 0.385. The Morgan fingerprint density at radius 2 is 2.17 bits per heavy atom. The van der Waals surface area contributed by atoms with Crippen molar-refractivity contribution < 1.29 is 14.3 Å². The van der Waals surface area contributed by atoms with E-state index in [1.807, 2.05) is 30.9 Å². The highest BCUT2D eigenvalue weighted by molar-refractivity contribution is 5.79. The lowest BCUT2D eigenvalue weighted by atomic mass is 10.0. The van der Waals surface area contributed by atoms with Gasteiger partial charge in [-0.2, -0.15) is 4.98 Å². The molecule has 0 spiro atoms. The van der Waals surface area contributed by atoms with Crippen molar-refractivity contribution >= 4 is 23.1 Å². The molecule has 2 aromatic rings. The Labute approximate surface area is 104 Å². The smallest absolute Gasteiger partial charge is 0.310 e. The molecule has 0 bridgehead atoms. The number of hydrogen-bond acceptors (Lipinski definition) is 4. The van der Waals surface area contributed by atoms with E-state index in [0.717, 1.165) is 22.2 Å². The summed E-state index contributed by atoms with van der Waals surface area (Å²) in [6, 6.07) is 4.55. The Bertz CT molecular complexity index is 626. The number of oxazole rings is 1. The minimum Gasteiger partial charge on any atom is -0.481 e. The molecule has 1 N–H and O–H groups in total. The quantitative estimate of drug-likeness (QED) is 0.877. The highest BCUT2D eigenvalue weighted by Gasteiger charge is 2.35. The number of aryl methyl sites for hydroxylation is 2. The van der Waals surface area contributed by atoms with E-state index in [9.17, 15) is 4.79 Å². The third kappa shape index (κ3) is 1.63. The second-order valence-corrected chi connectivity index (χ2v) is 4.87. The van der Waals surface area contributed by atoms with Gasteiger partial charge >= 0.3 is 5.97 Å². The van der Waals surface area contributed by atoms with Crippen LogP contribution in [0.25, 0.3) is 11.1 Å². The van der Waals surface area contributed by atoms with E-state index in [1.165, 1.54) is 0 Å². The zero-order valence-corrected chi connectivity index (χ0v) is 10.3. The van der Waals surface area contributed by atoms with Gasteiger partial charge < -0.3 is 14.4 Å². The Balaban J connectivity index is 1.91. The normalized spacial score (nSPS) is 16.0. The molecule has 0 radical (unpaired) electrons. The van der Waals surface area contributed by atoms with Crippen LogP contribution in [0.15, 0.2) is 16.5 Å². The van der Waals surface area contributed by atoms with Gasteiger partial charge in [0.15, 0.2) is 5.58 Å². The fourth-order valence-corrected chi connectivity index (χ4v) is 2.29. The maximum atomic E-state index is 10.8. The third-order valence-corrected chi connectivity index (χ3v) is 3.31. The molecule has 2 heterocycles. The molecule has 3 rings (SSSR count). The van der Waals surface area contributed by atoms with E-state index in [4.69, 9.17) is 9.52 Å². The molecule has 1 fully saturated rings. The molecule has 94 valence electrons. The number of hydrogen-bond donors (Lipinski definition) is 1. The molecule has 1 saturated heterocycles. The van der Waals surface area contributed by atoms with Gasteiger partial charge in [0, 0.05) is 13.1 Å². The maximum absolute atomic E-state index is 10.8. The van der Waals surface area contributed by atoms with Crippen molar-refractivity contribution in [3.05, 3.63) is 23.3 Å². The predicted octanol–water partition coefficient (Wildman–Crippen LogP) is 1.97. The monoisotopic (exact) mass is 246 g/mol. The number of carboxylic acid groups (broad SMARTS) is 1. The number of carbonyl (C=O) groups is 1. The Morgan fingerprint density at radius 1 is 1.44 bits per heavy atom. The minimum absolute atomic E-state index is 0.303. The second-order valence-electron chi connectivity index (χ2n) is 4.87. The summed E-state index contributed by atoms with van der Waals surface area (Å²) in [4.78, 5) is 17.0. The largest absolute Gasteiger partial charge is 0.481 e. The van der Waals surface area contributed by atoms with Crippen LogP contribution in [-0.2, 0) is 4.79 Å². The molecule has 1 aliphatic heterocycles. The summed E-state index contributed by atoms with van der Waals surface area (Å²) in [6.45, 7) is 4.95. The lowest BCUT2D eigenvalue weighted by molar-refractivity contribution is -0.142. The summed E-state index contributed by atoms with van der Waals surface area (Å²) in [7, 11) is 0. The number of nitrogens with zero attached hydrogens (tertiary/aromatic N) is 2. The third-order valence-electron chi connectivity index (χ3n) is 3.31. The van der Waals surface area contributed by atoms with Crippen LogP contribution in [0.3, 0.4) is 0 Å². The van der Waals surface area contributed by atoms with Crippen LogP contribution in [0.4, 0.5) is 6.01 Å². The van der Waals surface area contributed by atoms with Gasteiger partial charge in [0.05, 0.1) is 5.92 Å². The molecule has 0 amide bonds. The Hall–Kier alpha value is -2.04. The molecular weight excluding hydrogens is 232 g/mol. The molecule has 0 aliphatic carbocycles. The number of fused-ring (bicyclic) bond motifs is 1. The van der Waals surface area contributed by atoms with Crippen molar-refractivity contribution in [1.29, 1.82) is 0 Å². The fourth-order valence-electron chi connectivity index (χ4n) is 2.29. The van der Waals surface area contributed by atoms with E-state index in [1.54, 1.807) is 0 Å². The number of rotatable bonds is 2. The average Bonchev–Trinajstić information content (AvgIpc) is 2.58. The summed E-state index contributed by atoms with van der Waals surface area (Å²) < 4.78 is 5.71. The van der Waals surface area contributed by atoms with Gasteiger partial charge in [-0.1, -0.05) is 6.07 Å². The summed E-state index contributed by atoms with van der Waals surface area (Å²) in [5.74, 6) is -1.06. The summed E-state index contributed by atoms with van der Waals surface area (Å²) >= 11 is 0. The lowest BCUT2D eigenvalue weighted by Gasteiger charge is -2.35. The highest BCUT2D eigenvalue weighted by Crippen LogP contribution is 2.29. The molecule has 0 unspecified atom stereocenters. The van der Waals surface area contributed by atoms with Crippen LogP contribution in [0.5, 0.6) is 0 Å². The zero-order chi connectivity index (χ0) is 12.9. The first-order valence-corrected chi connectivity index (χ1v) is 5.90. The molecule has 18 heavy (non-hydrogen) atoms. The van der Waals surface area contributed by atoms with Gasteiger partial charge in [0.25, 0.3) is 6.01 Å². The number of anilines is 1. The van der Waals surface area contributed by atoms with Gasteiger partial charge in [-0.15, -0.1) is 0 Å². The molecule has 5 nitrogen and oxygen atoms in total. The lowest BCUT2D eigenvalue weighted by Crippen LogP contribution is -2.50. The molecule has 5 heteroatoms.